The minimum absolute atomic E-state index is 0.146. The molecule has 0 amide bonds. The summed E-state index contributed by atoms with van der Waals surface area (Å²) in [5, 5.41) is 81.4. The normalized spacial score (nSPS) is 21.1. The molecule has 13 heteroatoms. The first-order valence-corrected chi connectivity index (χ1v) is 22.8. The van der Waals surface area contributed by atoms with E-state index in [-0.39, 0.29) is 11.5 Å². The Labute approximate surface area is 358 Å². The predicted molar refractivity (Wildman–Crippen MR) is 225 cm³/mol. The van der Waals surface area contributed by atoms with Crippen LogP contribution in [-0.2, 0) is 44.9 Å². The summed E-state index contributed by atoms with van der Waals surface area (Å²) in [5.74, 6) is -3.73. The fourth-order valence-corrected chi connectivity index (χ4v) is 9.66. The van der Waals surface area contributed by atoms with Gasteiger partial charge in [-0.2, -0.15) is 0 Å². The van der Waals surface area contributed by atoms with Gasteiger partial charge in [0.1, 0.15) is 23.0 Å². The second-order valence-corrected chi connectivity index (χ2v) is 19.0. The lowest BCUT2D eigenvalue weighted by Gasteiger charge is -2.19. The van der Waals surface area contributed by atoms with Gasteiger partial charge in [0.05, 0.1) is 16.2 Å². The number of benzene rings is 2. The number of carbonyl (C=O) groups is 4. The molecule has 2 unspecified atom stereocenters. The molecule has 0 spiro atoms. The number of phenols is 4. The van der Waals surface area contributed by atoms with E-state index < -0.39 is 63.1 Å². The van der Waals surface area contributed by atoms with Crippen LogP contribution in [0.4, 0.5) is 0 Å². The quantitative estimate of drug-likeness (QED) is 0.0270. The zero-order chi connectivity index (χ0) is 44.0. The first-order chi connectivity index (χ1) is 29.1. The van der Waals surface area contributed by atoms with Crippen molar-refractivity contribution in [1.82, 2.24) is 0 Å². The van der Waals surface area contributed by atoms with Gasteiger partial charge in [0.25, 0.3) is 0 Å². The minimum Gasteiger partial charge on any atom is -0.508 e. The Morgan fingerprint density at radius 3 is 1.39 bits per heavy atom. The molecule has 4 fully saturated rings. The van der Waals surface area contributed by atoms with Crippen LogP contribution < -0.4 is 4.74 Å². The van der Waals surface area contributed by atoms with Crippen LogP contribution in [0.25, 0.3) is 0 Å². The van der Waals surface area contributed by atoms with E-state index >= 15 is 0 Å². The van der Waals surface area contributed by atoms with Crippen molar-refractivity contribution in [1.29, 1.82) is 0 Å². The van der Waals surface area contributed by atoms with Crippen molar-refractivity contribution >= 4 is 23.9 Å². The Morgan fingerprint density at radius 1 is 0.492 bits per heavy atom. The van der Waals surface area contributed by atoms with Gasteiger partial charge in [0.15, 0.2) is 11.5 Å². The molecular formula is C48H66O13. The third-order valence-corrected chi connectivity index (χ3v) is 14.8. The van der Waals surface area contributed by atoms with Gasteiger partial charge in [-0.15, -0.1) is 0 Å². The summed E-state index contributed by atoms with van der Waals surface area (Å²) in [6, 6.07) is 4.79. The van der Waals surface area contributed by atoms with Crippen LogP contribution >= 0.6 is 0 Å². The highest BCUT2D eigenvalue weighted by molar-refractivity contribution is 5.80. The van der Waals surface area contributed by atoms with Crippen LogP contribution in [-0.4, -0.2) is 70.8 Å². The lowest BCUT2D eigenvalue weighted by molar-refractivity contribution is -0.145. The molecule has 4 aliphatic carbocycles. The number of aliphatic carboxylic acids is 4. The van der Waals surface area contributed by atoms with Gasteiger partial charge in [-0.25, -0.2) is 0 Å². The monoisotopic (exact) mass is 850 g/mol. The molecule has 2 aromatic carbocycles. The molecule has 0 bridgehead atoms. The molecule has 13 nitrogen and oxygen atoms in total. The highest BCUT2D eigenvalue weighted by Gasteiger charge is 2.62. The SMILES string of the molecule is O=C(O)C1(CCCCCc2cc(O)c(O)c(O)c2CCCCCC2(C(=O)O)CC2Oc2ccc(O)c(CCCCCC3(C(=O)O)CC3)c2CCCCCC2(C(=O)O)CC2)CC1. The average Bonchev–Trinajstić information content (AvgIpc) is 4.03. The first-order valence-electron chi connectivity index (χ1n) is 22.8. The van der Waals surface area contributed by atoms with Crippen molar-refractivity contribution in [3.05, 3.63) is 40.5 Å². The number of carboxylic acid groups (broad SMARTS) is 4. The molecule has 0 aromatic heterocycles. The van der Waals surface area contributed by atoms with Gasteiger partial charge in [-0.1, -0.05) is 51.4 Å². The lowest BCUT2D eigenvalue weighted by atomic mass is 9.92. The number of carboxylic acids is 4. The van der Waals surface area contributed by atoms with Crippen molar-refractivity contribution in [3.8, 4) is 28.7 Å². The Morgan fingerprint density at radius 2 is 0.934 bits per heavy atom. The number of ether oxygens (including phenoxy) is 1. The molecule has 61 heavy (non-hydrogen) atoms. The Kier molecular flexibility index (Phi) is 14.4. The maximum Gasteiger partial charge on any atom is 0.313 e. The molecule has 0 heterocycles. The van der Waals surface area contributed by atoms with E-state index in [1.807, 2.05) is 0 Å². The predicted octanol–water partition coefficient (Wildman–Crippen LogP) is 9.44. The summed E-state index contributed by atoms with van der Waals surface area (Å²) in [6.07, 6.45) is 17.4. The van der Waals surface area contributed by atoms with Crippen LogP contribution in [0.15, 0.2) is 18.2 Å². The molecule has 2 atom stereocenters. The number of phenolic OH excluding ortho intramolecular Hbond substituents is 4. The third-order valence-electron chi connectivity index (χ3n) is 14.8. The van der Waals surface area contributed by atoms with Crippen molar-refractivity contribution in [3.63, 3.8) is 0 Å². The Bertz CT molecular complexity index is 1920. The molecule has 0 radical (unpaired) electrons. The van der Waals surface area contributed by atoms with E-state index in [1.54, 1.807) is 12.1 Å². The van der Waals surface area contributed by atoms with Crippen LogP contribution in [0, 0.1) is 21.7 Å². The number of hydrogen-bond acceptors (Lipinski definition) is 9. The molecule has 2 aromatic rings. The number of unbranched alkanes of at least 4 members (excludes halogenated alkanes) is 8. The fourth-order valence-electron chi connectivity index (χ4n) is 9.66. The second-order valence-electron chi connectivity index (χ2n) is 19.0. The number of rotatable bonds is 30. The minimum atomic E-state index is -1.07. The second kappa shape index (κ2) is 19.2. The number of aryl methyl sites for hydroxylation is 1. The van der Waals surface area contributed by atoms with Gasteiger partial charge in [-0.05, 0) is 139 Å². The van der Waals surface area contributed by atoms with Crippen LogP contribution in [0.2, 0.25) is 0 Å². The lowest BCUT2D eigenvalue weighted by Crippen LogP contribution is -2.22. The highest BCUT2D eigenvalue weighted by Crippen LogP contribution is 2.55. The first kappa shape index (κ1) is 45.8. The largest absolute Gasteiger partial charge is 0.508 e. The molecule has 8 N–H and O–H groups in total. The average molecular weight is 851 g/mol. The molecule has 4 saturated carbocycles. The molecule has 4 aliphatic rings. The number of hydrogen-bond donors (Lipinski definition) is 8. The zero-order valence-corrected chi connectivity index (χ0v) is 35.5. The van der Waals surface area contributed by atoms with Crippen molar-refractivity contribution in [2.45, 2.75) is 179 Å². The fraction of sp³-hybridized carbons (Fsp3) is 0.667. The summed E-state index contributed by atoms with van der Waals surface area (Å²) < 4.78 is 6.51. The maximum atomic E-state index is 12.8. The Hall–Kier alpha value is -4.68. The topological polar surface area (TPSA) is 239 Å². The van der Waals surface area contributed by atoms with Crippen molar-refractivity contribution in [2.75, 3.05) is 0 Å². The summed E-state index contributed by atoms with van der Waals surface area (Å²) in [6.45, 7) is 0. The van der Waals surface area contributed by atoms with Gasteiger partial charge < -0.3 is 45.6 Å². The van der Waals surface area contributed by atoms with Crippen molar-refractivity contribution in [2.24, 2.45) is 21.7 Å². The smallest absolute Gasteiger partial charge is 0.313 e. The maximum absolute atomic E-state index is 12.8. The highest BCUT2D eigenvalue weighted by atomic mass is 16.5. The van der Waals surface area contributed by atoms with Crippen LogP contribution in [0.3, 0.4) is 0 Å². The zero-order valence-electron chi connectivity index (χ0n) is 35.5. The molecular weight excluding hydrogens is 785 g/mol. The molecule has 336 valence electrons. The van der Waals surface area contributed by atoms with E-state index in [1.165, 1.54) is 6.07 Å². The third kappa shape index (κ3) is 10.9. The van der Waals surface area contributed by atoms with Crippen LogP contribution in [0.5, 0.6) is 28.7 Å². The summed E-state index contributed by atoms with van der Waals surface area (Å²) >= 11 is 0. The summed E-state index contributed by atoms with van der Waals surface area (Å²) in [5.41, 5.74) is 0.0901. The van der Waals surface area contributed by atoms with Gasteiger partial charge in [-0.3, -0.25) is 19.2 Å². The van der Waals surface area contributed by atoms with E-state index in [9.17, 15) is 60.0 Å². The van der Waals surface area contributed by atoms with Gasteiger partial charge >= 0.3 is 23.9 Å². The van der Waals surface area contributed by atoms with Gasteiger partial charge in [0.2, 0.25) is 5.75 Å². The summed E-state index contributed by atoms with van der Waals surface area (Å²) in [7, 11) is 0. The molecule has 0 aliphatic heterocycles. The molecule has 0 saturated heterocycles. The van der Waals surface area contributed by atoms with E-state index in [0.717, 1.165) is 100 Å². The van der Waals surface area contributed by atoms with E-state index in [2.05, 4.69) is 0 Å². The van der Waals surface area contributed by atoms with Gasteiger partial charge in [0, 0.05) is 23.1 Å². The van der Waals surface area contributed by atoms with Crippen molar-refractivity contribution < 1.29 is 64.8 Å². The molecule has 6 rings (SSSR count). The van der Waals surface area contributed by atoms with E-state index in [0.29, 0.717) is 101 Å². The Balaban J connectivity index is 1.03. The summed E-state index contributed by atoms with van der Waals surface area (Å²) in [4.78, 5) is 47.6. The standard InChI is InChI=1S/C48H66O13/c49-35-17-18-37(34(16-8-3-11-21-47(27-28-47)43(57)58)33(35)15-7-2-10-20-46(25-26-46)42(55)56)61-38-30-48(38,44(59)60)22-12-4-6-14-32-31(29-36(50)40(52)39(32)51)13-5-1-9-19-45(23-24-45)41(53)54/h17-18,29,38,49-52H,1-16,19-28,30H2,(H,53,54)(H,55,56)(H,57,58)(H,59,60). The van der Waals surface area contributed by atoms with E-state index in [4.69, 9.17) is 4.74 Å². The van der Waals surface area contributed by atoms with Crippen LogP contribution in [0.1, 0.15) is 170 Å². The number of aromatic hydroxyl groups is 4.